The van der Waals surface area contributed by atoms with Gasteiger partial charge in [0.15, 0.2) is 0 Å². The van der Waals surface area contributed by atoms with Crippen LogP contribution in [0.25, 0.3) is 0 Å². The van der Waals surface area contributed by atoms with E-state index in [1.165, 1.54) is 11.5 Å². The molecule has 1 aliphatic heterocycles. The molecule has 1 amide bonds. The number of hydrogen-bond donors (Lipinski definition) is 1. The van der Waals surface area contributed by atoms with Crippen LogP contribution in [0.15, 0.2) is 0 Å². The molecule has 1 fully saturated rings. The van der Waals surface area contributed by atoms with E-state index in [2.05, 4.69) is 14.9 Å². The van der Waals surface area contributed by atoms with Gasteiger partial charge < -0.3 is 15.0 Å². The lowest BCUT2D eigenvalue weighted by molar-refractivity contribution is 0.0104. The Bertz CT molecular complexity index is 463. The molecule has 0 radical (unpaired) electrons. The fourth-order valence-electron chi connectivity index (χ4n) is 2.12. The second kappa shape index (κ2) is 6.15. The lowest BCUT2D eigenvalue weighted by Crippen LogP contribution is -2.45. The van der Waals surface area contributed by atoms with Gasteiger partial charge in [0.25, 0.3) is 5.91 Å². The highest BCUT2D eigenvalue weighted by Gasteiger charge is 2.29. The molecule has 1 aromatic heterocycles. The van der Waals surface area contributed by atoms with Crippen molar-refractivity contribution in [3.05, 3.63) is 10.6 Å². The molecule has 1 aromatic rings. The van der Waals surface area contributed by atoms with E-state index < -0.39 is 0 Å². The molecule has 2 rings (SSSR count). The third-order valence-corrected chi connectivity index (χ3v) is 3.94. The van der Waals surface area contributed by atoms with Crippen LogP contribution in [0, 0.1) is 0 Å². The summed E-state index contributed by atoms with van der Waals surface area (Å²) in [5, 5.41) is 7.38. The molecule has 0 aliphatic carbocycles. The molecule has 0 aromatic carbocycles. The van der Waals surface area contributed by atoms with Crippen molar-refractivity contribution >= 4 is 17.4 Å². The zero-order valence-electron chi connectivity index (χ0n) is 12.5. The normalized spacial score (nSPS) is 19.9. The maximum absolute atomic E-state index is 12.5. The molecule has 1 atom stereocenters. The molecule has 6 nitrogen and oxygen atoms in total. The van der Waals surface area contributed by atoms with E-state index in [1.807, 2.05) is 20.8 Å². The van der Waals surface area contributed by atoms with Crippen molar-refractivity contribution in [2.45, 2.75) is 32.3 Å². The number of carbonyl (C=O) groups is 1. The monoisotopic (exact) mass is 298 g/mol. The summed E-state index contributed by atoms with van der Waals surface area (Å²) < 4.78 is 9.57. The number of morpholine rings is 1. The van der Waals surface area contributed by atoms with E-state index in [1.54, 1.807) is 11.9 Å². The molecule has 7 heteroatoms. The van der Waals surface area contributed by atoms with Gasteiger partial charge in [-0.05, 0) is 11.5 Å². The van der Waals surface area contributed by atoms with Gasteiger partial charge in [0.05, 0.1) is 18.4 Å². The van der Waals surface area contributed by atoms with Gasteiger partial charge in [-0.25, -0.2) is 0 Å². The number of amides is 1. The summed E-state index contributed by atoms with van der Waals surface area (Å²) in [6, 6.07) is 0. The summed E-state index contributed by atoms with van der Waals surface area (Å²) in [6.07, 6.45) is 0.0525. The number of aromatic nitrogens is 2. The third kappa shape index (κ3) is 3.53. The quantitative estimate of drug-likeness (QED) is 0.898. The second-order valence-electron chi connectivity index (χ2n) is 6.08. The highest BCUT2D eigenvalue weighted by molar-refractivity contribution is 7.08. The topological polar surface area (TPSA) is 67.3 Å². The average molecular weight is 298 g/mol. The highest BCUT2D eigenvalue weighted by Crippen LogP contribution is 2.26. The van der Waals surface area contributed by atoms with Crippen LogP contribution in [0.2, 0.25) is 0 Å². The smallest absolute Gasteiger partial charge is 0.267 e. The molecular formula is C13H22N4O2S. The van der Waals surface area contributed by atoms with Crippen LogP contribution < -0.4 is 5.32 Å². The van der Waals surface area contributed by atoms with Crippen LogP contribution in [0.4, 0.5) is 0 Å². The van der Waals surface area contributed by atoms with Crippen LogP contribution in [-0.2, 0) is 10.2 Å². The van der Waals surface area contributed by atoms with Gasteiger partial charge in [0.2, 0.25) is 0 Å². The zero-order chi connectivity index (χ0) is 14.8. The number of carbonyl (C=O) groups excluding carboxylic acids is 1. The van der Waals surface area contributed by atoms with E-state index in [9.17, 15) is 4.79 Å². The summed E-state index contributed by atoms with van der Waals surface area (Å²) in [5.41, 5.74) is 0.587. The van der Waals surface area contributed by atoms with Crippen molar-refractivity contribution in [3.63, 3.8) is 0 Å². The minimum absolute atomic E-state index is 0.0286. The predicted octanol–water partition coefficient (Wildman–Crippen LogP) is 0.896. The first kappa shape index (κ1) is 15.3. The maximum atomic E-state index is 12.5. The van der Waals surface area contributed by atoms with Gasteiger partial charge in [-0.3, -0.25) is 4.79 Å². The Morgan fingerprint density at radius 3 is 2.90 bits per heavy atom. The Balaban J connectivity index is 2.05. The summed E-state index contributed by atoms with van der Waals surface area (Å²) in [5.74, 6) is -0.0286. The Morgan fingerprint density at radius 2 is 2.30 bits per heavy atom. The molecule has 1 saturated heterocycles. The van der Waals surface area contributed by atoms with E-state index in [-0.39, 0.29) is 17.4 Å². The number of rotatable bonds is 3. The molecule has 1 N–H and O–H groups in total. The highest BCUT2D eigenvalue weighted by atomic mass is 32.1. The molecule has 1 aliphatic rings. The van der Waals surface area contributed by atoms with E-state index >= 15 is 0 Å². The van der Waals surface area contributed by atoms with Crippen molar-refractivity contribution in [2.24, 2.45) is 0 Å². The average Bonchev–Trinajstić information content (AvgIpc) is 2.88. The van der Waals surface area contributed by atoms with Gasteiger partial charge in [0.1, 0.15) is 4.88 Å². The van der Waals surface area contributed by atoms with Crippen LogP contribution >= 0.6 is 11.5 Å². The molecular weight excluding hydrogens is 276 g/mol. The zero-order valence-corrected chi connectivity index (χ0v) is 13.3. The second-order valence-corrected chi connectivity index (χ2v) is 6.84. The fourth-order valence-corrected chi connectivity index (χ4v) is 2.99. The van der Waals surface area contributed by atoms with Crippen molar-refractivity contribution in [1.29, 1.82) is 0 Å². The van der Waals surface area contributed by atoms with Crippen LogP contribution in [0.3, 0.4) is 0 Å². The van der Waals surface area contributed by atoms with Gasteiger partial charge in [-0.1, -0.05) is 25.3 Å². The summed E-state index contributed by atoms with van der Waals surface area (Å²) in [7, 11) is 1.80. The van der Waals surface area contributed by atoms with Gasteiger partial charge in [-0.2, -0.15) is 0 Å². The fraction of sp³-hybridized carbons (Fsp3) is 0.769. The van der Waals surface area contributed by atoms with E-state index in [0.717, 1.165) is 18.8 Å². The Morgan fingerprint density at radius 1 is 1.55 bits per heavy atom. The van der Waals surface area contributed by atoms with Crippen molar-refractivity contribution in [3.8, 4) is 0 Å². The number of ether oxygens (including phenoxy) is 1. The number of likely N-dealkylation sites (N-methyl/N-ethyl adjacent to an activating group) is 1. The molecule has 0 spiro atoms. The lowest BCUT2D eigenvalue weighted by atomic mass is 9.91. The Kier molecular flexibility index (Phi) is 4.72. The van der Waals surface area contributed by atoms with Crippen LogP contribution in [0.1, 0.15) is 36.1 Å². The Labute approximate surface area is 123 Å². The maximum Gasteiger partial charge on any atom is 0.267 e. The van der Waals surface area contributed by atoms with E-state index in [0.29, 0.717) is 18.0 Å². The minimum atomic E-state index is -0.179. The SMILES string of the molecule is CN(CC1CNCCO1)C(=O)c1snnc1C(C)(C)C. The van der Waals surface area contributed by atoms with Crippen molar-refractivity contribution < 1.29 is 9.53 Å². The first-order valence-electron chi connectivity index (χ1n) is 6.80. The van der Waals surface area contributed by atoms with Crippen LogP contribution in [0.5, 0.6) is 0 Å². The largest absolute Gasteiger partial charge is 0.374 e. The molecule has 1 unspecified atom stereocenters. The van der Waals surface area contributed by atoms with Crippen LogP contribution in [-0.4, -0.2) is 59.8 Å². The number of nitrogens with one attached hydrogen (secondary N) is 1. The van der Waals surface area contributed by atoms with Gasteiger partial charge >= 0.3 is 0 Å². The standard InChI is InChI=1S/C13H22N4O2S/c1-13(2,3)11-10(20-16-15-11)12(18)17(4)8-9-7-14-5-6-19-9/h9,14H,5-8H2,1-4H3. The molecule has 0 bridgehead atoms. The lowest BCUT2D eigenvalue weighted by Gasteiger charge is -2.28. The minimum Gasteiger partial charge on any atom is -0.374 e. The first-order chi connectivity index (χ1) is 9.39. The number of nitrogens with zero attached hydrogens (tertiary/aromatic N) is 3. The summed E-state index contributed by atoms with van der Waals surface area (Å²) >= 11 is 1.17. The van der Waals surface area contributed by atoms with Crippen molar-refractivity contribution in [2.75, 3.05) is 33.3 Å². The summed E-state index contributed by atoms with van der Waals surface area (Å²) in [6.45, 7) is 9.04. The molecule has 112 valence electrons. The third-order valence-electron chi connectivity index (χ3n) is 3.22. The van der Waals surface area contributed by atoms with Gasteiger partial charge in [0, 0.05) is 32.1 Å². The molecule has 0 saturated carbocycles. The predicted molar refractivity (Wildman–Crippen MR) is 78.2 cm³/mol. The Hall–Kier alpha value is -1.05. The summed E-state index contributed by atoms with van der Waals surface area (Å²) in [4.78, 5) is 14.9. The van der Waals surface area contributed by atoms with E-state index in [4.69, 9.17) is 4.74 Å². The molecule has 2 heterocycles. The number of hydrogen-bond acceptors (Lipinski definition) is 6. The van der Waals surface area contributed by atoms with Gasteiger partial charge in [-0.15, -0.1) is 5.10 Å². The van der Waals surface area contributed by atoms with Crippen molar-refractivity contribution in [1.82, 2.24) is 19.8 Å². The molecule has 20 heavy (non-hydrogen) atoms. The first-order valence-corrected chi connectivity index (χ1v) is 7.57.